The van der Waals surface area contributed by atoms with Gasteiger partial charge in [0, 0.05) is 18.7 Å². The number of benzene rings is 1. The topological polar surface area (TPSA) is 91.1 Å². The van der Waals surface area contributed by atoms with E-state index in [1.54, 1.807) is 4.57 Å². The molecule has 0 radical (unpaired) electrons. The Bertz CT molecular complexity index is 1140. The lowest BCUT2D eigenvalue weighted by Gasteiger charge is -2.14. The summed E-state index contributed by atoms with van der Waals surface area (Å²) in [5, 5.41) is 0. The Morgan fingerprint density at radius 2 is 1.74 bits per heavy atom. The molecule has 0 atom stereocenters. The number of unbranched alkanes of at least 4 members (excludes halogenated alkanes) is 1. The maximum atomic E-state index is 12.8. The van der Waals surface area contributed by atoms with Crippen LogP contribution in [-0.4, -0.2) is 32.3 Å². The molecule has 8 nitrogen and oxygen atoms in total. The Hall–Kier alpha value is -3.03. The first-order chi connectivity index (χ1) is 15.0. The molecule has 168 valence electrons. The molecular weight excluding hydrogens is 396 g/mol. The largest absolute Gasteiger partial charge is 0.490 e. The van der Waals surface area contributed by atoms with E-state index < -0.39 is 11.2 Å². The molecule has 0 aliphatic rings. The van der Waals surface area contributed by atoms with Crippen LogP contribution in [0.15, 0.2) is 27.8 Å². The molecule has 0 bridgehead atoms. The van der Waals surface area contributed by atoms with Crippen LogP contribution in [0.1, 0.15) is 53.4 Å². The van der Waals surface area contributed by atoms with Crippen LogP contribution in [0, 0.1) is 0 Å². The van der Waals surface area contributed by atoms with E-state index in [0.29, 0.717) is 54.8 Å². The fourth-order valence-electron chi connectivity index (χ4n) is 3.60. The number of nitrogens with zero attached hydrogens (tertiary/aromatic N) is 3. The molecule has 2 aromatic heterocycles. The number of aromatic nitrogens is 4. The SMILES string of the molecule is CCCCn1c(-c2ccc(OCCC)c(OCC)c2)nc2c1c(=O)[nH]c(=O)n2CCC. The summed E-state index contributed by atoms with van der Waals surface area (Å²) in [6.45, 7) is 10.3. The summed E-state index contributed by atoms with van der Waals surface area (Å²) in [6.07, 6.45) is 3.52. The van der Waals surface area contributed by atoms with Crippen molar-refractivity contribution in [3.63, 3.8) is 0 Å². The number of aryl methyl sites for hydroxylation is 2. The monoisotopic (exact) mass is 428 g/mol. The number of aromatic amines is 1. The van der Waals surface area contributed by atoms with Gasteiger partial charge >= 0.3 is 5.69 Å². The second-order valence-electron chi connectivity index (χ2n) is 7.47. The lowest BCUT2D eigenvalue weighted by molar-refractivity contribution is 0.277. The van der Waals surface area contributed by atoms with Crippen LogP contribution in [0.3, 0.4) is 0 Å². The lowest BCUT2D eigenvalue weighted by atomic mass is 10.2. The fourth-order valence-corrected chi connectivity index (χ4v) is 3.60. The number of nitrogens with one attached hydrogen (secondary N) is 1. The van der Waals surface area contributed by atoms with Crippen LogP contribution >= 0.6 is 0 Å². The van der Waals surface area contributed by atoms with Gasteiger partial charge in [-0.25, -0.2) is 9.78 Å². The van der Waals surface area contributed by atoms with E-state index in [2.05, 4.69) is 18.8 Å². The van der Waals surface area contributed by atoms with Crippen LogP contribution in [-0.2, 0) is 13.1 Å². The Morgan fingerprint density at radius 3 is 2.42 bits per heavy atom. The first-order valence-electron chi connectivity index (χ1n) is 11.2. The molecule has 0 fully saturated rings. The highest BCUT2D eigenvalue weighted by atomic mass is 16.5. The zero-order chi connectivity index (χ0) is 22.4. The second-order valence-corrected chi connectivity index (χ2v) is 7.47. The van der Waals surface area contributed by atoms with Gasteiger partial charge in [0.05, 0.1) is 13.2 Å². The average Bonchev–Trinajstić information content (AvgIpc) is 3.14. The highest BCUT2D eigenvalue weighted by Gasteiger charge is 2.20. The zero-order valence-electron chi connectivity index (χ0n) is 18.9. The second kappa shape index (κ2) is 10.3. The maximum absolute atomic E-state index is 12.8. The van der Waals surface area contributed by atoms with Crippen molar-refractivity contribution in [3.05, 3.63) is 39.0 Å². The van der Waals surface area contributed by atoms with Crippen LogP contribution in [0.25, 0.3) is 22.6 Å². The number of ether oxygens (including phenoxy) is 2. The van der Waals surface area contributed by atoms with Gasteiger partial charge in [0.1, 0.15) is 5.82 Å². The van der Waals surface area contributed by atoms with Crippen molar-refractivity contribution in [1.29, 1.82) is 0 Å². The first kappa shape index (κ1) is 22.7. The highest BCUT2D eigenvalue weighted by molar-refractivity contribution is 5.77. The molecule has 0 amide bonds. The standard InChI is InChI=1S/C23H32N4O4/c1-5-9-13-26-19-21(27(12-6-2)23(29)25-22(19)28)24-20(26)16-10-11-17(31-14-7-3)18(15-16)30-8-4/h10-11,15H,5-9,12-14H2,1-4H3,(H,25,28,29). The molecule has 0 saturated heterocycles. The van der Waals surface area contributed by atoms with Gasteiger partial charge in [-0.1, -0.05) is 27.2 Å². The third kappa shape index (κ3) is 4.68. The molecule has 0 saturated carbocycles. The Morgan fingerprint density at radius 1 is 0.935 bits per heavy atom. The Kier molecular flexibility index (Phi) is 7.55. The fraction of sp³-hybridized carbons (Fsp3) is 0.522. The molecule has 3 rings (SSSR count). The minimum Gasteiger partial charge on any atom is -0.490 e. The van der Waals surface area contributed by atoms with Crippen molar-refractivity contribution >= 4 is 11.2 Å². The highest BCUT2D eigenvalue weighted by Crippen LogP contribution is 2.33. The van der Waals surface area contributed by atoms with E-state index in [4.69, 9.17) is 14.5 Å². The van der Waals surface area contributed by atoms with Crippen molar-refractivity contribution in [2.75, 3.05) is 13.2 Å². The van der Waals surface area contributed by atoms with E-state index in [1.807, 2.05) is 36.6 Å². The number of hydrogen-bond donors (Lipinski definition) is 1. The summed E-state index contributed by atoms with van der Waals surface area (Å²) < 4.78 is 15.1. The summed E-state index contributed by atoms with van der Waals surface area (Å²) in [4.78, 5) is 32.4. The van der Waals surface area contributed by atoms with Crippen molar-refractivity contribution in [3.8, 4) is 22.9 Å². The van der Waals surface area contributed by atoms with Gasteiger partial charge in [-0.2, -0.15) is 0 Å². The molecule has 0 spiro atoms. The molecule has 0 aliphatic heterocycles. The summed E-state index contributed by atoms with van der Waals surface area (Å²) in [7, 11) is 0. The first-order valence-corrected chi connectivity index (χ1v) is 11.2. The summed E-state index contributed by atoms with van der Waals surface area (Å²) in [5.74, 6) is 1.97. The Labute approximate surface area is 181 Å². The number of hydrogen-bond acceptors (Lipinski definition) is 5. The van der Waals surface area contributed by atoms with E-state index in [1.165, 1.54) is 0 Å². The van der Waals surface area contributed by atoms with Gasteiger partial charge < -0.3 is 14.0 Å². The minimum atomic E-state index is -0.427. The minimum absolute atomic E-state index is 0.407. The molecule has 0 unspecified atom stereocenters. The summed E-state index contributed by atoms with van der Waals surface area (Å²) in [6, 6.07) is 5.70. The van der Waals surface area contributed by atoms with Gasteiger partial charge in [-0.3, -0.25) is 14.3 Å². The van der Waals surface area contributed by atoms with Crippen LogP contribution in [0.4, 0.5) is 0 Å². The van der Waals surface area contributed by atoms with Crippen molar-refractivity contribution < 1.29 is 9.47 Å². The van der Waals surface area contributed by atoms with Crippen molar-refractivity contribution in [1.82, 2.24) is 19.1 Å². The molecule has 8 heteroatoms. The molecule has 3 aromatic rings. The van der Waals surface area contributed by atoms with Gasteiger partial charge in [0.2, 0.25) is 0 Å². The van der Waals surface area contributed by atoms with E-state index in [-0.39, 0.29) is 0 Å². The number of rotatable bonds is 11. The number of fused-ring (bicyclic) bond motifs is 1. The maximum Gasteiger partial charge on any atom is 0.330 e. The number of H-pyrrole nitrogens is 1. The van der Waals surface area contributed by atoms with Gasteiger partial charge in [-0.05, 0) is 44.4 Å². The Balaban J connectivity index is 2.24. The third-order valence-electron chi connectivity index (χ3n) is 5.03. The molecular formula is C23H32N4O4. The van der Waals surface area contributed by atoms with Crippen molar-refractivity contribution in [2.24, 2.45) is 0 Å². The number of imidazole rings is 1. The van der Waals surface area contributed by atoms with Gasteiger partial charge in [0.15, 0.2) is 22.7 Å². The quantitative estimate of drug-likeness (QED) is 0.499. The van der Waals surface area contributed by atoms with Crippen LogP contribution < -0.4 is 20.7 Å². The van der Waals surface area contributed by atoms with E-state index in [9.17, 15) is 9.59 Å². The lowest BCUT2D eigenvalue weighted by Crippen LogP contribution is -2.31. The molecule has 2 heterocycles. The summed E-state index contributed by atoms with van der Waals surface area (Å²) in [5.41, 5.74) is 0.834. The van der Waals surface area contributed by atoms with E-state index in [0.717, 1.165) is 31.2 Å². The third-order valence-corrected chi connectivity index (χ3v) is 5.03. The normalized spacial score (nSPS) is 11.2. The zero-order valence-corrected chi connectivity index (χ0v) is 18.9. The van der Waals surface area contributed by atoms with E-state index >= 15 is 0 Å². The van der Waals surface area contributed by atoms with Gasteiger partial charge in [0.25, 0.3) is 5.56 Å². The van der Waals surface area contributed by atoms with Gasteiger partial charge in [-0.15, -0.1) is 0 Å². The molecule has 31 heavy (non-hydrogen) atoms. The molecule has 0 aliphatic carbocycles. The predicted molar refractivity (Wildman–Crippen MR) is 122 cm³/mol. The van der Waals surface area contributed by atoms with Crippen LogP contribution in [0.5, 0.6) is 11.5 Å². The van der Waals surface area contributed by atoms with Crippen LogP contribution in [0.2, 0.25) is 0 Å². The van der Waals surface area contributed by atoms with Crippen molar-refractivity contribution in [2.45, 2.75) is 66.5 Å². The molecule has 1 N–H and O–H groups in total. The molecule has 1 aromatic carbocycles. The summed E-state index contributed by atoms with van der Waals surface area (Å²) >= 11 is 0. The predicted octanol–water partition coefficient (Wildman–Crippen LogP) is 3.95. The smallest absolute Gasteiger partial charge is 0.330 e. The average molecular weight is 429 g/mol.